The number of nitrogens with one attached hydrogen (secondary N) is 1. The van der Waals surface area contributed by atoms with Crippen LogP contribution in [0.25, 0.3) is 0 Å². The van der Waals surface area contributed by atoms with Gasteiger partial charge in [-0.2, -0.15) is 5.26 Å². The van der Waals surface area contributed by atoms with E-state index >= 15 is 0 Å². The van der Waals surface area contributed by atoms with Crippen LogP contribution in [0.5, 0.6) is 0 Å². The first-order valence-electron chi connectivity index (χ1n) is 8.89. The van der Waals surface area contributed by atoms with Crippen molar-refractivity contribution >= 4 is 5.91 Å². The molecule has 0 atom stereocenters. The summed E-state index contributed by atoms with van der Waals surface area (Å²) in [4.78, 5) is 22.3. The number of carbonyl (C=O) groups is 1. The van der Waals surface area contributed by atoms with E-state index in [1.165, 1.54) is 5.17 Å². The maximum Gasteiger partial charge on any atom is 0.267 e. The number of benzene rings is 2. The van der Waals surface area contributed by atoms with Crippen molar-refractivity contribution in [3.05, 3.63) is 101 Å². The van der Waals surface area contributed by atoms with Crippen molar-refractivity contribution in [2.24, 2.45) is 0 Å². The fourth-order valence-electron chi connectivity index (χ4n) is 2.56. The number of amides is 1. The van der Waals surface area contributed by atoms with Crippen LogP contribution in [0, 0.1) is 11.3 Å². The van der Waals surface area contributed by atoms with Gasteiger partial charge in [-0.25, -0.2) is 0 Å². The molecule has 6 nitrogen and oxygen atoms in total. The van der Waals surface area contributed by atoms with E-state index in [0.717, 1.165) is 11.1 Å². The zero-order valence-electron chi connectivity index (χ0n) is 15.3. The number of hydroxylamine groups is 1. The molecule has 1 N–H and O–H groups in total. The molecule has 28 heavy (non-hydrogen) atoms. The first-order valence-corrected chi connectivity index (χ1v) is 8.89. The summed E-state index contributed by atoms with van der Waals surface area (Å²) in [5, 5.41) is 10.3. The Morgan fingerprint density at radius 3 is 2.39 bits per heavy atom. The van der Waals surface area contributed by atoms with Crippen LogP contribution in [0.1, 0.15) is 27.0 Å². The van der Waals surface area contributed by atoms with Gasteiger partial charge in [0.15, 0.2) is 0 Å². The molecule has 6 heteroatoms. The lowest BCUT2D eigenvalue weighted by atomic mass is 10.1. The summed E-state index contributed by atoms with van der Waals surface area (Å²) in [7, 11) is 0. The molecule has 0 bridgehead atoms. The first-order chi connectivity index (χ1) is 13.7. The molecule has 3 aromatic rings. The van der Waals surface area contributed by atoms with Crippen molar-refractivity contribution < 1.29 is 9.63 Å². The number of hydrazine groups is 1. The molecule has 3 rings (SSSR count). The van der Waals surface area contributed by atoms with E-state index in [-0.39, 0.29) is 5.91 Å². The van der Waals surface area contributed by atoms with Gasteiger partial charge in [0.1, 0.15) is 0 Å². The standard InChI is InChI=1S/C22H20N4O2/c23-16-19-8-6-18(7-9-19)12-15-28-26(17-20-10-13-24-14-11-20)25-22(27)21-4-2-1-3-5-21/h1-11,13-14H,12,15,17H2,(H,25,27). The number of nitrogens with zero attached hydrogens (tertiary/aromatic N) is 3. The number of hydrogen-bond donors (Lipinski definition) is 1. The quantitative estimate of drug-likeness (QED) is 0.614. The topological polar surface area (TPSA) is 78.2 Å². The van der Waals surface area contributed by atoms with Gasteiger partial charge in [-0.3, -0.25) is 20.0 Å². The minimum atomic E-state index is -0.243. The van der Waals surface area contributed by atoms with E-state index < -0.39 is 0 Å². The molecule has 0 unspecified atom stereocenters. The molecule has 0 fully saturated rings. The molecule has 1 heterocycles. The van der Waals surface area contributed by atoms with Crippen LogP contribution in [-0.2, 0) is 17.8 Å². The summed E-state index contributed by atoms with van der Waals surface area (Å²) in [6, 6.07) is 22.2. The second-order valence-corrected chi connectivity index (χ2v) is 6.09. The summed E-state index contributed by atoms with van der Waals surface area (Å²) in [5.41, 5.74) is 5.99. The van der Waals surface area contributed by atoms with E-state index in [9.17, 15) is 4.79 Å². The normalized spacial score (nSPS) is 10.4. The molecular formula is C22H20N4O2. The molecular weight excluding hydrogens is 352 g/mol. The number of nitriles is 1. The minimum Gasteiger partial charge on any atom is -0.279 e. The Balaban J connectivity index is 1.61. The number of pyridine rings is 1. The highest BCUT2D eigenvalue weighted by Crippen LogP contribution is 2.07. The molecule has 0 saturated carbocycles. The summed E-state index contributed by atoms with van der Waals surface area (Å²) < 4.78 is 0. The maximum atomic E-state index is 12.5. The van der Waals surface area contributed by atoms with Crippen LogP contribution in [0.4, 0.5) is 0 Å². The van der Waals surface area contributed by atoms with Gasteiger partial charge in [-0.1, -0.05) is 35.5 Å². The third-order valence-electron chi connectivity index (χ3n) is 4.06. The molecule has 2 aromatic carbocycles. The van der Waals surface area contributed by atoms with Crippen LogP contribution in [0.3, 0.4) is 0 Å². The summed E-state index contributed by atoms with van der Waals surface area (Å²) >= 11 is 0. The molecule has 1 aromatic heterocycles. The molecule has 0 aliphatic heterocycles. The second-order valence-electron chi connectivity index (χ2n) is 6.09. The predicted octanol–water partition coefficient (Wildman–Crippen LogP) is 3.27. The van der Waals surface area contributed by atoms with Crippen LogP contribution < -0.4 is 5.43 Å². The highest BCUT2D eigenvalue weighted by Gasteiger charge is 2.12. The van der Waals surface area contributed by atoms with Crippen molar-refractivity contribution in [3.8, 4) is 6.07 Å². The highest BCUT2D eigenvalue weighted by molar-refractivity contribution is 5.93. The number of hydrogen-bond acceptors (Lipinski definition) is 5. The van der Waals surface area contributed by atoms with Crippen LogP contribution in [-0.4, -0.2) is 22.7 Å². The van der Waals surface area contributed by atoms with E-state index in [2.05, 4.69) is 16.5 Å². The van der Waals surface area contributed by atoms with Crippen molar-refractivity contribution in [2.75, 3.05) is 6.61 Å². The second kappa shape index (κ2) is 9.97. The SMILES string of the molecule is N#Cc1ccc(CCON(Cc2ccncc2)NC(=O)c2ccccc2)cc1. The van der Waals surface area contributed by atoms with Gasteiger partial charge < -0.3 is 0 Å². The van der Waals surface area contributed by atoms with Gasteiger partial charge in [0, 0.05) is 18.0 Å². The monoisotopic (exact) mass is 372 g/mol. The molecule has 140 valence electrons. The fourth-order valence-corrected chi connectivity index (χ4v) is 2.56. The van der Waals surface area contributed by atoms with E-state index in [1.807, 2.05) is 42.5 Å². The molecule has 1 amide bonds. The van der Waals surface area contributed by atoms with Gasteiger partial charge in [0.2, 0.25) is 0 Å². The summed E-state index contributed by atoms with van der Waals surface area (Å²) in [5.74, 6) is -0.243. The Morgan fingerprint density at radius 1 is 1.00 bits per heavy atom. The Labute approximate surface area is 163 Å². The number of aromatic nitrogens is 1. The van der Waals surface area contributed by atoms with Crippen LogP contribution in [0.15, 0.2) is 79.1 Å². The summed E-state index contributed by atoms with van der Waals surface area (Å²) in [6.45, 7) is 0.764. The van der Waals surface area contributed by atoms with E-state index in [1.54, 1.807) is 36.7 Å². The highest BCUT2D eigenvalue weighted by atomic mass is 16.7. The van der Waals surface area contributed by atoms with Gasteiger partial charge in [0.05, 0.1) is 24.8 Å². The van der Waals surface area contributed by atoms with Gasteiger partial charge >= 0.3 is 0 Å². The van der Waals surface area contributed by atoms with Gasteiger partial charge in [-0.15, -0.1) is 0 Å². The Hall–Kier alpha value is -3.53. The molecule has 0 aliphatic carbocycles. The van der Waals surface area contributed by atoms with Crippen molar-refractivity contribution in [1.82, 2.24) is 15.6 Å². The largest absolute Gasteiger partial charge is 0.279 e. The lowest BCUT2D eigenvalue weighted by molar-refractivity contribution is -0.192. The number of carbonyl (C=O) groups excluding carboxylic acids is 1. The Kier molecular flexibility index (Phi) is 6.85. The molecule has 0 radical (unpaired) electrons. The average molecular weight is 372 g/mol. The van der Waals surface area contributed by atoms with E-state index in [4.69, 9.17) is 10.1 Å². The van der Waals surface area contributed by atoms with E-state index in [0.29, 0.717) is 30.7 Å². The van der Waals surface area contributed by atoms with Crippen molar-refractivity contribution in [3.63, 3.8) is 0 Å². The van der Waals surface area contributed by atoms with Crippen molar-refractivity contribution in [2.45, 2.75) is 13.0 Å². The predicted molar refractivity (Wildman–Crippen MR) is 105 cm³/mol. The Bertz CT molecular complexity index is 922. The Morgan fingerprint density at radius 2 is 1.71 bits per heavy atom. The fraction of sp³-hybridized carbons (Fsp3) is 0.136. The minimum absolute atomic E-state index is 0.243. The third-order valence-corrected chi connectivity index (χ3v) is 4.06. The van der Waals surface area contributed by atoms with Gasteiger partial charge in [0.25, 0.3) is 5.91 Å². The van der Waals surface area contributed by atoms with Crippen LogP contribution >= 0.6 is 0 Å². The molecule has 0 aliphatic rings. The first kappa shape index (κ1) is 19.2. The van der Waals surface area contributed by atoms with Gasteiger partial charge in [-0.05, 0) is 53.9 Å². The number of rotatable bonds is 8. The lowest BCUT2D eigenvalue weighted by Gasteiger charge is -2.22. The molecule has 0 saturated heterocycles. The average Bonchev–Trinajstić information content (AvgIpc) is 2.75. The molecule has 0 spiro atoms. The van der Waals surface area contributed by atoms with Crippen LogP contribution in [0.2, 0.25) is 0 Å². The maximum absolute atomic E-state index is 12.5. The van der Waals surface area contributed by atoms with Crippen molar-refractivity contribution in [1.29, 1.82) is 5.26 Å². The lowest BCUT2D eigenvalue weighted by Crippen LogP contribution is -2.42. The third kappa shape index (κ3) is 5.74. The summed E-state index contributed by atoms with van der Waals surface area (Å²) in [6.07, 6.45) is 4.05. The smallest absolute Gasteiger partial charge is 0.267 e. The zero-order valence-corrected chi connectivity index (χ0v) is 15.3. The zero-order chi connectivity index (χ0) is 19.6.